The van der Waals surface area contributed by atoms with Gasteiger partial charge in [-0.3, -0.25) is 4.79 Å². The zero-order chi connectivity index (χ0) is 21.3. The van der Waals surface area contributed by atoms with E-state index in [1.807, 2.05) is 24.3 Å². The van der Waals surface area contributed by atoms with Crippen molar-refractivity contribution in [2.24, 2.45) is 5.73 Å². The highest BCUT2D eigenvalue weighted by molar-refractivity contribution is 9.10. The summed E-state index contributed by atoms with van der Waals surface area (Å²) >= 11 is 3.42. The lowest BCUT2D eigenvalue weighted by molar-refractivity contribution is 0.0991. The van der Waals surface area contributed by atoms with E-state index in [9.17, 15) is 13.6 Å². The highest BCUT2D eigenvalue weighted by Gasteiger charge is 2.21. The number of nitrogens with zero attached hydrogens (tertiary/aromatic N) is 1. The van der Waals surface area contributed by atoms with Crippen molar-refractivity contribution in [1.82, 2.24) is 5.16 Å². The molecule has 2 aromatic carbocycles. The molecule has 0 spiro atoms. The summed E-state index contributed by atoms with van der Waals surface area (Å²) in [7, 11) is 0. The third kappa shape index (κ3) is 4.32. The molecule has 5 nitrogen and oxygen atoms in total. The van der Waals surface area contributed by atoms with Crippen molar-refractivity contribution in [3.63, 3.8) is 0 Å². The Morgan fingerprint density at radius 3 is 2.41 bits per heavy atom. The Morgan fingerprint density at radius 1 is 1.17 bits per heavy atom. The quantitative estimate of drug-likeness (QED) is 0.551. The number of benzene rings is 2. The summed E-state index contributed by atoms with van der Waals surface area (Å²) < 4.78 is 39.2. The van der Waals surface area contributed by atoms with Crippen LogP contribution >= 0.6 is 15.9 Å². The zero-order valence-corrected chi connectivity index (χ0v) is 17.6. The van der Waals surface area contributed by atoms with Crippen LogP contribution in [-0.2, 0) is 12.0 Å². The molecular weight excluding hydrogens is 446 g/mol. The van der Waals surface area contributed by atoms with Crippen LogP contribution in [0.5, 0.6) is 5.75 Å². The molecule has 0 aliphatic rings. The average Bonchev–Trinajstić information content (AvgIpc) is 3.01. The number of aromatic nitrogens is 1. The van der Waals surface area contributed by atoms with E-state index in [0.29, 0.717) is 15.9 Å². The number of amides is 1. The van der Waals surface area contributed by atoms with Crippen molar-refractivity contribution < 1.29 is 22.8 Å². The molecule has 8 heteroatoms. The fourth-order valence-electron chi connectivity index (χ4n) is 2.72. The highest BCUT2D eigenvalue weighted by Crippen LogP contribution is 2.33. The lowest BCUT2D eigenvalue weighted by atomic mass is 9.86. The van der Waals surface area contributed by atoms with E-state index in [4.69, 9.17) is 15.0 Å². The van der Waals surface area contributed by atoms with Gasteiger partial charge in [-0.15, -0.1) is 0 Å². The number of primary amides is 1. The number of carbonyl (C=O) groups is 1. The minimum atomic E-state index is -1.21. The maximum Gasteiger partial charge on any atom is 0.254 e. The first-order chi connectivity index (χ1) is 13.6. The predicted molar refractivity (Wildman–Crippen MR) is 108 cm³/mol. The maximum atomic E-state index is 14.3. The van der Waals surface area contributed by atoms with Crippen LogP contribution in [0, 0.1) is 11.6 Å². The van der Waals surface area contributed by atoms with Gasteiger partial charge < -0.3 is 15.0 Å². The zero-order valence-electron chi connectivity index (χ0n) is 16.1. The number of hydrogen-bond donors (Lipinski definition) is 1. The second-order valence-electron chi connectivity index (χ2n) is 7.49. The molecule has 0 radical (unpaired) electrons. The molecule has 1 heterocycles. The Kier molecular flexibility index (Phi) is 5.75. The number of halogens is 3. The highest BCUT2D eigenvalue weighted by atomic mass is 79.9. The van der Waals surface area contributed by atoms with Crippen molar-refractivity contribution in [2.75, 3.05) is 0 Å². The van der Waals surface area contributed by atoms with Gasteiger partial charge >= 0.3 is 0 Å². The third-order valence-corrected chi connectivity index (χ3v) is 5.20. The van der Waals surface area contributed by atoms with Crippen LogP contribution in [0.15, 0.2) is 45.4 Å². The fourth-order valence-corrected chi connectivity index (χ4v) is 3.21. The lowest BCUT2D eigenvalue weighted by Crippen LogP contribution is -2.16. The van der Waals surface area contributed by atoms with E-state index in [1.165, 1.54) is 5.56 Å². The van der Waals surface area contributed by atoms with Crippen molar-refractivity contribution >= 4 is 21.8 Å². The Labute approximate surface area is 175 Å². The largest absolute Gasteiger partial charge is 0.484 e. The van der Waals surface area contributed by atoms with Gasteiger partial charge in [-0.05, 0) is 39.0 Å². The van der Waals surface area contributed by atoms with Gasteiger partial charge in [0, 0.05) is 5.56 Å². The molecule has 3 aromatic rings. The summed E-state index contributed by atoms with van der Waals surface area (Å²) in [5.41, 5.74) is 6.56. The van der Waals surface area contributed by atoms with E-state index in [0.717, 1.165) is 17.7 Å². The van der Waals surface area contributed by atoms with Gasteiger partial charge in [-0.2, -0.15) is 0 Å². The lowest BCUT2D eigenvalue weighted by Gasteiger charge is -2.18. The van der Waals surface area contributed by atoms with Crippen molar-refractivity contribution in [2.45, 2.75) is 32.8 Å². The van der Waals surface area contributed by atoms with Gasteiger partial charge in [0.1, 0.15) is 23.7 Å². The normalized spacial score (nSPS) is 11.5. The van der Waals surface area contributed by atoms with Gasteiger partial charge in [-0.25, -0.2) is 8.78 Å². The molecule has 2 N–H and O–H groups in total. The van der Waals surface area contributed by atoms with Crippen LogP contribution in [0.1, 0.15) is 42.4 Å². The van der Waals surface area contributed by atoms with Crippen molar-refractivity contribution in [3.8, 4) is 17.1 Å². The molecule has 0 saturated heterocycles. The number of hydrogen-bond acceptors (Lipinski definition) is 4. The van der Waals surface area contributed by atoms with Crippen molar-refractivity contribution in [3.05, 3.63) is 69.3 Å². The van der Waals surface area contributed by atoms with Gasteiger partial charge in [0.2, 0.25) is 0 Å². The molecule has 29 heavy (non-hydrogen) atoms. The Hall–Kier alpha value is -2.74. The number of ether oxygens (including phenoxy) is 1. The summed E-state index contributed by atoms with van der Waals surface area (Å²) in [4.78, 5) is 11.2. The number of nitrogens with two attached hydrogens (primary N) is 1. The van der Waals surface area contributed by atoms with Gasteiger partial charge in [0.05, 0.1) is 4.47 Å². The van der Waals surface area contributed by atoms with Crippen LogP contribution in [0.25, 0.3) is 11.3 Å². The van der Waals surface area contributed by atoms with E-state index in [1.54, 1.807) is 0 Å². The summed E-state index contributed by atoms with van der Waals surface area (Å²) in [5.74, 6) is -3.23. The maximum absolute atomic E-state index is 14.3. The predicted octanol–water partition coefficient (Wildman–Crippen LogP) is 5.36. The molecule has 0 bridgehead atoms. The summed E-state index contributed by atoms with van der Waals surface area (Å²) in [6, 6.07) is 9.87. The topological polar surface area (TPSA) is 78.3 Å². The Bertz CT molecular complexity index is 1060. The van der Waals surface area contributed by atoms with E-state index in [-0.39, 0.29) is 17.8 Å². The van der Waals surface area contributed by atoms with E-state index < -0.39 is 23.1 Å². The summed E-state index contributed by atoms with van der Waals surface area (Å²) in [5, 5.41) is 3.95. The SMILES string of the molecule is CC(C)(C)c1ccc(-c2onc(COc3ccc(F)c(C(N)=O)c3F)c2Br)cc1. The molecule has 0 atom stereocenters. The minimum absolute atomic E-state index is 0.0270. The molecule has 0 aliphatic heterocycles. The molecule has 152 valence electrons. The molecule has 0 aliphatic carbocycles. The molecule has 3 rings (SSSR count). The molecule has 1 aromatic heterocycles. The Morgan fingerprint density at radius 2 is 1.83 bits per heavy atom. The smallest absolute Gasteiger partial charge is 0.254 e. The van der Waals surface area contributed by atoms with Crippen LogP contribution in [0.3, 0.4) is 0 Å². The van der Waals surface area contributed by atoms with Gasteiger partial charge in [0.15, 0.2) is 17.3 Å². The minimum Gasteiger partial charge on any atom is -0.484 e. The second-order valence-corrected chi connectivity index (χ2v) is 8.28. The van der Waals surface area contributed by atoms with Crippen LogP contribution in [0.4, 0.5) is 8.78 Å². The molecule has 0 unspecified atom stereocenters. The fraction of sp³-hybridized carbons (Fsp3) is 0.238. The standard InChI is InChI=1S/C21H19BrF2N2O3/c1-21(2,3)12-6-4-11(5-7-12)19-17(22)14(26-29-19)10-28-15-9-8-13(23)16(18(15)24)20(25)27/h4-9H,10H2,1-3H3,(H2,25,27). The first-order valence-electron chi connectivity index (χ1n) is 8.75. The average molecular weight is 465 g/mol. The molecule has 1 amide bonds. The van der Waals surface area contributed by atoms with Crippen LogP contribution < -0.4 is 10.5 Å². The van der Waals surface area contributed by atoms with Gasteiger partial charge in [-0.1, -0.05) is 50.2 Å². The molecule has 0 fully saturated rings. The number of rotatable bonds is 5. The summed E-state index contributed by atoms with van der Waals surface area (Å²) in [6.07, 6.45) is 0. The number of carbonyl (C=O) groups excluding carboxylic acids is 1. The second kappa shape index (κ2) is 7.94. The van der Waals surface area contributed by atoms with Crippen LogP contribution in [-0.4, -0.2) is 11.1 Å². The summed E-state index contributed by atoms with van der Waals surface area (Å²) in [6.45, 7) is 6.21. The molecule has 0 saturated carbocycles. The van der Waals surface area contributed by atoms with E-state index >= 15 is 0 Å². The molecular formula is C21H19BrF2N2O3. The first-order valence-corrected chi connectivity index (χ1v) is 9.54. The van der Waals surface area contributed by atoms with Gasteiger partial charge in [0.25, 0.3) is 5.91 Å². The van der Waals surface area contributed by atoms with Crippen LogP contribution in [0.2, 0.25) is 0 Å². The van der Waals surface area contributed by atoms with E-state index in [2.05, 4.69) is 41.9 Å². The van der Waals surface area contributed by atoms with Crippen molar-refractivity contribution in [1.29, 1.82) is 0 Å². The monoisotopic (exact) mass is 464 g/mol. The Balaban J connectivity index is 1.81. The third-order valence-electron chi connectivity index (χ3n) is 4.38. The first kappa shape index (κ1) is 21.0.